The van der Waals surface area contributed by atoms with E-state index in [1.54, 1.807) is 31.5 Å². The molecule has 366 valence electrons. The highest BCUT2D eigenvalue weighted by Crippen LogP contribution is 2.38. The summed E-state index contributed by atoms with van der Waals surface area (Å²) < 4.78 is 44.0. The molecule has 27 nitrogen and oxygen atoms in total. The number of hydrogen-bond acceptors (Lipinski definition) is 20. The Bertz CT molecular complexity index is 2690. The monoisotopic (exact) mass is 967 g/mol. The Hall–Kier alpha value is -8.40. The van der Waals surface area contributed by atoms with Crippen molar-refractivity contribution in [1.82, 2.24) is 29.4 Å². The van der Waals surface area contributed by atoms with Gasteiger partial charge in [-0.15, -0.1) is 0 Å². The lowest BCUT2D eigenvalue weighted by Gasteiger charge is -2.17. The average Bonchev–Trinajstić information content (AvgIpc) is 4.15. The maximum atomic E-state index is 12.2. The number of nitrogens with zero attached hydrogens (tertiary/aromatic N) is 8. The number of ether oxygens (including phenoxy) is 3. The molecular formula is C40H53N15O12S. The fourth-order valence-corrected chi connectivity index (χ4v) is 7.08. The van der Waals surface area contributed by atoms with Crippen LogP contribution in [0.5, 0.6) is 34.5 Å². The van der Waals surface area contributed by atoms with Gasteiger partial charge >= 0.3 is 0 Å². The van der Waals surface area contributed by atoms with Crippen LogP contribution in [-0.4, -0.2) is 146 Å². The number of carbonyl (C=O) groups excluding carboxylic acids is 2. The normalized spacial score (nSPS) is 16.8. The van der Waals surface area contributed by atoms with Crippen LogP contribution >= 0.6 is 0 Å². The lowest BCUT2D eigenvalue weighted by atomic mass is 10.2. The van der Waals surface area contributed by atoms with E-state index in [9.17, 15) is 33.0 Å². The van der Waals surface area contributed by atoms with E-state index in [4.69, 9.17) is 63.4 Å². The topological polar surface area (TPSA) is 419 Å². The average molecular weight is 968 g/mol. The van der Waals surface area contributed by atoms with Crippen LogP contribution in [0.15, 0.2) is 57.2 Å². The van der Waals surface area contributed by atoms with E-state index >= 15 is 0 Å². The van der Waals surface area contributed by atoms with Gasteiger partial charge in [0.05, 0.1) is 50.3 Å². The predicted octanol–water partition coefficient (Wildman–Crippen LogP) is 0.696. The van der Waals surface area contributed by atoms with Crippen LogP contribution in [0.3, 0.4) is 0 Å². The Morgan fingerprint density at radius 2 is 0.971 bits per heavy atom. The molecule has 2 amide bonds. The molecule has 4 fully saturated rings. The molecule has 0 unspecified atom stereocenters. The number of hydrogen-bond donors (Lipinski definition) is 11. The number of amides is 2. The highest BCUT2D eigenvalue weighted by atomic mass is 32.2. The van der Waals surface area contributed by atoms with Crippen molar-refractivity contribution in [1.29, 1.82) is 10.8 Å². The van der Waals surface area contributed by atoms with Crippen molar-refractivity contribution in [2.24, 2.45) is 9.98 Å². The Balaban J connectivity index is 0.000000171. The number of rotatable bonds is 5. The summed E-state index contributed by atoms with van der Waals surface area (Å²) in [5.41, 5.74) is 29.6. The number of amidine groups is 2. The second-order valence-corrected chi connectivity index (χ2v) is 16.4. The van der Waals surface area contributed by atoms with E-state index in [-0.39, 0.29) is 86.3 Å². The van der Waals surface area contributed by atoms with Gasteiger partial charge in [-0.2, -0.15) is 8.42 Å². The van der Waals surface area contributed by atoms with Gasteiger partial charge in [0.1, 0.15) is 11.5 Å². The van der Waals surface area contributed by atoms with Gasteiger partial charge in [-0.05, 0) is 31.4 Å². The molecular weight excluding hydrogens is 915 g/mol. The van der Waals surface area contributed by atoms with Gasteiger partial charge in [-0.3, -0.25) is 44.5 Å². The molecule has 5 aliphatic heterocycles. The van der Waals surface area contributed by atoms with Gasteiger partial charge in [0.25, 0.3) is 27.5 Å². The maximum Gasteiger partial charge on any atom is 0.294 e. The third-order valence-corrected chi connectivity index (χ3v) is 10.3. The molecule has 3 aromatic carbocycles. The van der Waals surface area contributed by atoms with Gasteiger partial charge < -0.3 is 58.2 Å². The van der Waals surface area contributed by atoms with E-state index in [1.165, 1.54) is 61.7 Å². The standard InChI is InChI=1S/2C13H15N5O3.C7H9NO2.C6H10N4O.CH4O3S/c2*1-21-10-6-8(7(14)5-9(10)19)16-11-12(15)17-3-2-4-18(17)13(11)20;1-10-7-3-2-5(8)4-6(7)9;7-4-5(8)9-2-1-3-10(9)6(4)11;1-5(2,3)4/h2*5-6,15,19H,2-4,14H2,1H3;2-4,9H,8H2,1H3;1-3,7-8H2;1H3,(H,2,3,4). The SMILES string of the molecule is COc1cc(N=C2C(=N)N3CCCN3C2=O)c(N)cc1O.COc1cc(N=C2C(=N)N3CCCN3C2=O)c(N)cc1O.COc1ccc(N)cc1O.CS(=O)(=O)O.Nc1c(N)n2n(c1=O)CCC2. The van der Waals surface area contributed by atoms with Crippen molar-refractivity contribution < 1.29 is 52.1 Å². The first-order valence-corrected chi connectivity index (χ1v) is 22.1. The first-order valence-electron chi connectivity index (χ1n) is 20.3. The van der Waals surface area contributed by atoms with Crippen LogP contribution in [0.2, 0.25) is 0 Å². The zero-order chi connectivity index (χ0) is 50.4. The second kappa shape index (κ2) is 20.8. The number of nitrogens with one attached hydrogen (secondary N) is 2. The Labute approximate surface area is 388 Å². The van der Waals surface area contributed by atoms with Crippen molar-refractivity contribution in [2.45, 2.75) is 32.4 Å². The Morgan fingerprint density at radius 1 is 0.588 bits per heavy atom. The minimum Gasteiger partial charge on any atom is -0.504 e. The van der Waals surface area contributed by atoms with Gasteiger partial charge in [-0.25, -0.2) is 24.7 Å². The minimum atomic E-state index is -3.67. The van der Waals surface area contributed by atoms with Crippen molar-refractivity contribution in [2.75, 3.05) is 82.4 Å². The smallest absolute Gasteiger partial charge is 0.294 e. The number of benzene rings is 3. The molecule has 16 N–H and O–H groups in total. The van der Waals surface area contributed by atoms with Crippen LogP contribution in [-0.2, 0) is 32.8 Å². The number of phenolic OH excluding ortho intramolecular Hbond substituents is 3. The number of nitrogens with two attached hydrogens (primary N) is 5. The van der Waals surface area contributed by atoms with Crippen LogP contribution < -0.4 is 48.4 Å². The van der Waals surface area contributed by atoms with E-state index in [0.29, 0.717) is 61.1 Å². The van der Waals surface area contributed by atoms with Crippen LogP contribution in [0.4, 0.5) is 39.9 Å². The number of nitrogen functional groups attached to an aromatic ring is 5. The largest absolute Gasteiger partial charge is 0.504 e. The molecule has 0 spiro atoms. The molecule has 0 radical (unpaired) electrons. The highest BCUT2D eigenvalue weighted by Gasteiger charge is 2.43. The third kappa shape index (κ3) is 11.2. The van der Waals surface area contributed by atoms with E-state index in [1.807, 2.05) is 0 Å². The molecule has 6 heterocycles. The van der Waals surface area contributed by atoms with Crippen molar-refractivity contribution in [3.05, 3.63) is 52.8 Å². The number of anilines is 5. The molecule has 4 aromatic rings. The fourth-order valence-electron chi connectivity index (χ4n) is 7.08. The number of aliphatic imine (C=N–C) groups is 2. The molecule has 0 saturated carbocycles. The van der Waals surface area contributed by atoms with Gasteiger partial charge in [0.2, 0.25) is 0 Å². The first kappa shape index (κ1) is 50.6. The molecule has 68 heavy (non-hydrogen) atoms. The molecule has 0 aliphatic carbocycles. The molecule has 1 aromatic heterocycles. The van der Waals surface area contributed by atoms with Gasteiger partial charge in [-0.1, -0.05) is 0 Å². The number of carbonyl (C=O) groups is 2. The summed E-state index contributed by atoms with van der Waals surface area (Å²) in [5.74, 6) is 0.680. The number of aromatic nitrogens is 2. The highest BCUT2D eigenvalue weighted by molar-refractivity contribution is 7.85. The van der Waals surface area contributed by atoms with Crippen molar-refractivity contribution in [3.8, 4) is 34.5 Å². The Morgan fingerprint density at radius 3 is 1.35 bits per heavy atom. The second-order valence-electron chi connectivity index (χ2n) is 15.0. The fraction of sp³-hybridized carbons (Fsp3) is 0.325. The number of aromatic hydroxyl groups is 3. The van der Waals surface area contributed by atoms with Crippen molar-refractivity contribution >= 4 is 85.0 Å². The maximum absolute atomic E-state index is 12.2. The lowest BCUT2D eigenvalue weighted by Crippen LogP contribution is -2.33. The van der Waals surface area contributed by atoms with E-state index < -0.39 is 10.1 Å². The zero-order valence-corrected chi connectivity index (χ0v) is 38.1. The lowest BCUT2D eigenvalue weighted by molar-refractivity contribution is -0.129. The molecule has 0 bridgehead atoms. The van der Waals surface area contributed by atoms with Crippen LogP contribution in [0.1, 0.15) is 19.3 Å². The third-order valence-electron chi connectivity index (χ3n) is 10.3. The van der Waals surface area contributed by atoms with E-state index in [0.717, 1.165) is 32.4 Å². The van der Waals surface area contributed by atoms with E-state index in [2.05, 4.69) is 9.98 Å². The van der Waals surface area contributed by atoms with Gasteiger partial charge in [0.15, 0.2) is 57.6 Å². The summed E-state index contributed by atoms with van der Waals surface area (Å²) in [5, 5.41) is 50.7. The number of hydrazine groups is 2. The Kier molecular flexibility index (Phi) is 15.5. The number of fused-ring (bicyclic) bond motifs is 3. The summed E-state index contributed by atoms with van der Waals surface area (Å²) in [6, 6.07) is 10.2. The molecule has 0 atom stereocenters. The summed E-state index contributed by atoms with van der Waals surface area (Å²) in [4.78, 5) is 44.1. The van der Waals surface area contributed by atoms with Crippen molar-refractivity contribution in [3.63, 3.8) is 0 Å². The molecule has 9 rings (SSSR count). The van der Waals surface area contributed by atoms with Gasteiger partial charge in [0, 0.05) is 75.3 Å². The molecule has 4 saturated heterocycles. The minimum absolute atomic E-state index is 0.0501. The quantitative estimate of drug-likeness (QED) is 0.0968. The molecule has 28 heteroatoms. The number of phenols is 3. The first-order chi connectivity index (χ1) is 32.0. The molecule has 5 aliphatic rings. The summed E-state index contributed by atoms with van der Waals surface area (Å²) in [6.07, 6.45) is 3.37. The van der Waals surface area contributed by atoms with Crippen LogP contribution in [0, 0.1) is 10.8 Å². The zero-order valence-electron chi connectivity index (χ0n) is 37.3. The summed E-state index contributed by atoms with van der Waals surface area (Å²) >= 11 is 0. The van der Waals surface area contributed by atoms with Crippen LogP contribution in [0.25, 0.3) is 0 Å². The predicted molar refractivity (Wildman–Crippen MR) is 253 cm³/mol. The number of methoxy groups -OCH3 is 3. The summed E-state index contributed by atoms with van der Waals surface area (Å²) in [7, 11) is 0.644. The summed E-state index contributed by atoms with van der Waals surface area (Å²) in [6.45, 7) is 4.00.